The van der Waals surface area contributed by atoms with E-state index in [0.29, 0.717) is 5.54 Å². The third-order valence-corrected chi connectivity index (χ3v) is 3.07. The molecule has 0 spiro atoms. The molecule has 1 aromatic heterocycles. The van der Waals surface area contributed by atoms with E-state index in [1.165, 1.54) is 19.3 Å². The number of rotatable bonds is 3. The Bertz CT molecular complexity index is 318. The molecular weight excluding hydrogens is 174 g/mol. The van der Waals surface area contributed by atoms with E-state index >= 15 is 0 Å². The fraction of sp³-hybridized carbons (Fsp3) is 0.545. The number of pyridine rings is 1. The summed E-state index contributed by atoms with van der Waals surface area (Å²) in [5.41, 5.74) is 7.87. The van der Waals surface area contributed by atoms with Gasteiger partial charge in [0, 0.05) is 18.3 Å². The summed E-state index contributed by atoms with van der Waals surface area (Å²) in [4.78, 5) is 4.25. The van der Waals surface area contributed by atoms with Crippen LogP contribution in [0.2, 0.25) is 0 Å². The number of nitrogens with two attached hydrogens (primary N) is 1. The highest BCUT2D eigenvalue weighted by Crippen LogP contribution is 2.31. The van der Waals surface area contributed by atoms with Crippen LogP contribution in [0.15, 0.2) is 18.3 Å². The summed E-state index contributed by atoms with van der Waals surface area (Å²) in [5.74, 6) is 0. The molecule has 0 bridgehead atoms. The quantitative estimate of drug-likeness (QED) is 0.764. The highest BCUT2D eigenvalue weighted by Gasteiger charge is 2.30. The Morgan fingerprint density at radius 1 is 1.57 bits per heavy atom. The van der Waals surface area contributed by atoms with Crippen LogP contribution in [0.25, 0.3) is 0 Å². The lowest BCUT2D eigenvalue weighted by atomic mass is 9.78. The van der Waals surface area contributed by atoms with Crippen molar-refractivity contribution in [3.8, 4) is 0 Å². The van der Waals surface area contributed by atoms with Gasteiger partial charge in [-0.05, 0) is 38.3 Å². The smallest absolute Gasteiger partial charge is 0.0770 e. The summed E-state index contributed by atoms with van der Waals surface area (Å²) < 4.78 is 0. The van der Waals surface area contributed by atoms with Crippen LogP contribution in [0.1, 0.15) is 31.9 Å². The molecule has 0 radical (unpaired) electrons. The van der Waals surface area contributed by atoms with Crippen LogP contribution in [0.3, 0.4) is 0 Å². The molecule has 0 atom stereocenters. The molecule has 3 N–H and O–H groups in total. The van der Waals surface area contributed by atoms with Crippen molar-refractivity contribution in [1.82, 2.24) is 10.3 Å². The second-order valence-electron chi connectivity index (χ2n) is 4.31. The van der Waals surface area contributed by atoms with Crippen LogP contribution in [-0.2, 0) is 6.54 Å². The second-order valence-corrected chi connectivity index (χ2v) is 4.31. The van der Waals surface area contributed by atoms with E-state index in [4.69, 9.17) is 5.73 Å². The minimum Gasteiger partial charge on any atom is -0.397 e. The third kappa shape index (κ3) is 1.87. The second kappa shape index (κ2) is 3.58. The topological polar surface area (TPSA) is 50.9 Å². The monoisotopic (exact) mass is 191 g/mol. The molecule has 1 saturated carbocycles. The largest absolute Gasteiger partial charge is 0.397 e. The van der Waals surface area contributed by atoms with E-state index in [0.717, 1.165) is 17.9 Å². The van der Waals surface area contributed by atoms with Crippen molar-refractivity contribution < 1.29 is 0 Å². The first-order chi connectivity index (χ1) is 6.70. The lowest BCUT2D eigenvalue weighted by Gasteiger charge is -2.39. The minimum atomic E-state index is 0.323. The highest BCUT2D eigenvalue weighted by molar-refractivity contribution is 5.41. The highest BCUT2D eigenvalue weighted by atomic mass is 15.0. The van der Waals surface area contributed by atoms with Gasteiger partial charge in [-0.15, -0.1) is 0 Å². The molecule has 1 fully saturated rings. The zero-order chi connectivity index (χ0) is 10.0. The van der Waals surface area contributed by atoms with Gasteiger partial charge in [0.25, 0.3) is 0 Å². The Hall–Kier alpha value is -1.09. The van der Waals surface area contributed by atoms with Crippen molar-refractivity contribution >= 4 is 5.69 Å². The molecule has 1 aliphatic carbocycles. The van der Waals surface area contributed by atoms with Crippen LogP contribution in [0.5, 0.6) is 0 Å². The third-order valence-electron chi connectivity index (χ3n) is 3.07. The summed E-state index contributed by atoms with van der Waals surface area (Å²) in [7, 11) is 0. The Morgan fingerprint density at radius 3 is 2.93 bits per heavy atom. The molecule has 1 aromatic rings. The van der Waals surface area contributed by atoms with Gasteiger partial charge in [0.2, 0.25) is 0 Å². The number of nitrogens with zero attached hydrogens (tertiary/aromatic N) is 1. The Kier molecular flexibility index (Phi) is 2.42. The van der Waals surface area contributed by atoms with Gasteiger partial charge in [0.05, 0.1) is 11.4 Å². The van der Waals surface area contributed by atoms with Crippen molar-refractivity contribution in [2.24, 2.45) is 0 Å². The van der Waals surface area contributed by atoms with Gasteiger partial charge in [-0.2, -0.15) is 0 Å². The number of aromatic nitrogens is 1. The lowest BCUT2D eigenvalue weighted by molar-refractivity contribution is 0.206. The molecule has 0 aromatic carbocycles. The number of hydrogen-bond donors (Lipinski definition) is 2. The molecule has 1 aliphatic rings. The Labute approximate surface area is 84.7 Å². The van der Waals surface area contributed by atoms with Crippen molar-refractivity contribution in [2.75, 3.05) is 5.73 Å². The number of anilines is 1. The molecule has 2 rings (SSSR count). The summed E-state index contributed by atoms with van der Waals surface area (Å²) in [5, 5.41) is 3.51. The molecular formula is C11H17N3. The van der Waals surface area contributed by atoms with Gasteiger partial charge in [-0.3, -0.25) is 4.98 Å². The lowest BCUT2D eigenvalue weighted by Crippen LogP contribution is -2.47. The summed E-state index contributed by atoms with van der Waals surface area (Å²) in [6.45, 7) is 3.04. The summed E-state index contributed by atoms with van der Waals surface area (Å²) in [6.07, 6.45) is 5.65. The van der Waals surface area contributed by atoms with Crippen LogP contribution >= 0.6 is 0 Å². The number of nitrogens with one attached hydrogen (secondary N) is 1. The molecule has 0 aliphatic heterocycles. The Morgan fingerprint density at radius 2 is 2.36 bits per heavy atom. The fourth-order valence-electron chi connectivity index (χ4n) is 1.78. The van der Waals surface area contributed by atoms with Crippen LogP contribution in [0.4, 0.5) is 5.69 Å². The SMILES string of the molecule is CC1(NCc2ncccc2N)CCC1. The van der Waals surface area contributed by atoms with Crippen LogP contribution < -0.4 is 11.1 Å². The average Bonchev–Trinajstić information content (AvgIpc) is 2.14. The molecule has 0 saturated heterocycles. The first-order valence-electron chi connectivity index (χ1n) is 5.14. The van der Waals surface area contributed by atoms with Gasteiger partial charge in [-0.25, -0.2) is 0 Å². The molecule has 3 heteroatoms. The average molecular weight is 191 g/mol. The molecule has 0 unspecified atom stereocenters. The van der Waals surface area contributed by atoms with Gasteiger partial charge >= 0.3 is 0 Å². The maximum atomic E-state index is 5.81. The predicted molar refractivity (Wildman–Crippen MR) is 57.7 cm³/mol. The van der Waals surface area contributed by atoms with Crippen LogP contribution in [0, 0.1) is 0 Å². The molecule has 1 heterocycles. The fourth-order valence-corrected chi connectivity index (χ4v) is 1.78. The summed E-state index contributed by atoms with van der Waals surface area (Å²) in [6, 6.07) is 3.76. The zero-order valence-electron chi connectivity index (χ0n) is 8.59. The molecule has 3 nitrogen and oxygen atoms in total. The predicted octanol–water partition coefficient (Wildman–Crippen LogP) is 1.70. The van der Waals surface area contributed by atoms with Crippen LogP contribution in [-0.4, -0.2) is 10.5 Å². The van der Waals surface area contributed by atoms with Crippen molar-refractivity contribution in [3.05, 3.63) is 24.0 Å². The van der Waals surface area contributed by atoms with Gasteiger partial charge in [0.15, 0.2) is 0 Å². The van der Waals surface area contributed by atoms with E-state index in [1.807, 2.05) is 12.1 Å². The van der Waals surface area contributed by atoms with Gasteiger partial charge < -0.3 is 11.1 Å². The van der Waals surface area contributed by atoms with E-state index in [-0.39, 0.29) is 0 Å². The Balaban J connectivity index is 1.95. The molecule has 76 valence electrons. The standard InChI is InChI=1S/C11H17N3/c1-11(5-3-6-11)14-8-10-9(12)4-2-7-13-10/h2,4,7,14H,3,5-6,8,12H2,1H3. The molecule has 0 amide bonds. The van der Waals surface area contributed by atoms with Crippen molar-refractivity contribution in [3.63, 3.8) is 0 Å². The summed E-state index contributed by atoms with van der Waals surface area (Å²) >= 11 is 0. The number of nitrogen functional groups attached to an aromatic ring is 1. The number of hydrogen-bond acceptors (Lipinski definition) is 3. The first-order valence-corrected chi connectivity index (χ1v) is 5.14. The zero-order valence-corrected chi connectivity index (χ0v) is 8.59. The molecule has 14 heavy (non-hydrogen) atoms. The van der Waals surface area contributed by atoms with E-state index in [1.54, 1.807) is 6.20 Å². The first kappa shape index (κ1) is 9.46. The minimum absolute atomic E-state index is 0.323. The van der Waals surface area contributed by atoms with Gasteiger partial charge in [-0.1, -0.05) is 0 Å². The normalized spacial score (nSPS) is 18.9. The van der Waals surface area contributed by atoms with E-state index in [9.17, 15) is 0 Å². The van der Waals surface area contributed by atoms with Gasteiger partial charge in [0.1, 0.15) is 0 Å². The van der Waals surface area contributed by atoms with Crippen molar-refractivity contribution in [1.29, 1.82) is 0 Å². The van der Waals surface area contributed by atoms with E-state index in [2.05, 4.69) is 17.2 Å². The van der Waals surface area contributed by atoms with E-state index < -0.39 is 0 Å². The maximum absolute atomic E-state index is 5.81. The maximum Gasteiger partial charge on any atom is 0.0770 e. The van der Waals surface area contributed by atoms with Crippen molar-refractivity contribution in [2.45, 2.75) is 38.3 Å².